The molecule has 0 saturated heterocycles. The zero-order valence-corrected chi connectivity index (χ0v) is 18.2. The summed E-state index contributed by atoms with van der Waals surface area (Å²) in [5, 5.41) is 11.0. The van der Waals surface area contributed by atoms with Gasteiger partial charge in [-0.1, -0.05) is 30.0 Å². The van der Waals surface area contributed by atoms with Crippen molar-refractivity contribution in [2.45, 2.75) is 35.4 Å². The zero-order chi connectivity index (χ0) is 24.0. The second-order valence-corrected chi connectivity index (χ2v) is 8.38. The summed E-state index contributed by atoms with van der Waals surface area (Å²) in [6.45, 7) is 1.52. The van der Waals surface area contributed by atoms with Gasteiger partial charge in [-0.3, -0.25) is 4.79 Å². The van der Waals surface area contributed by atoms with Gasteiger partial charge in [0.1, 0.15) is 11.5 Å². The summed E-state index contributed by atoms with van der Waals surface area (Å²) < 4.78 is 42.7. The van der Waals surface area contributed by atoms with Gasteiger partial charge in [0.25, 0.3) is 0 Å². The number of ether oxygens (including phenoxy) is 1. The first-order valence-electron chi connectivity index (χ1n) is 9.86. The Labute approximate surface area is 192 Å². The number of hydrogen-bond donors (Lipinski definition) is 2. The van der Waals surface area contributed by atoms with Crippen molar-refractivity contribution in [3.8, 4) is 11.5 Å². The maximum Gasteiger partial charge on any atom is 0.471 e. The molecule has 1 amide bonds. The molecule has 0 aliphatic rings. The molecule has 3 aromatic carbocycles. The predicted octanol–water partition coefficient (Wildman–Crippen LogP) is 5.94. The van der Waals surface area contributed by atoms with Gasteiger partial charge in [-0.15, -0.1) is 0 Å². The number of rotatable bonds is 8. The molecule has 33 heavy (non-hydrogen) atoms. The van der Waals surface area contributed by atoms with E-state index in [2.05, 4.69) is 0 Å². The molecule has 3 rings (SSSR count). The SMILES string of the molecule is C[C@H](Cc1ccc(Sc2ccc(Oc3cccc(C(=O)O)c3)cc2)cc1)NC(=O)C(F)(F)F. The molecule has 0 aliphatic heterocycles. The Balaban J connectivity index is 1.55. The highest BCUT2D eigenvalue weighted by molar-refractivity contribution is 7.99. The molecule has 0 saturated carbocycles. The van der Waals surface area contributed by atoms with Crippen LogP contribution in [0.2, 0.25) is 0 Å². The van der Waals surface area contributed by atoms with Gasteiger partial charge in [0.15, 0.2) is 0 Å². The number of hydrogen-bond acceptors (Lipinski definition) is 4. The van der Waals surface area contributed by atoms with E-state index in [9.17, 15) is 22.8 Å². The average Bonchev–Trinajstić information content (AvgIpc) is 2.76. The van der Waals surface area contributed by atoms with Gasteiger partial charge in [-0.25, -0.2) is 4.79 Å². The Morgan fingerprint density at radius 1 is 0.970 bits per heavy atom. The summed E-state index contributed by atoms with van der Waals surface area (Å²) in [4.78, 5) is 24.0. The predicted molar refractivity (Wildman–Crippen MR) is 118 cm³/mol. The number of carbonyl (C=O) groups excluding carboxylic acids is 1. The van der Waals surface area contributed by atoms with E-state index < -0.39 is 24.1 Å². The summed E-state index contributed by atoms with van der Waals surface area (Å²) in [7, 11) is 0. The van der Waals surface area contributed by atoms with Crippen LogP contribution in [-0.2, 0) is 11.2 Å². The maximum atomic E-state index is 12.3. The van der Waals surface area contributed by atoms with Crippen LogP contribution in [0.1, 0.15) is 22.8 Å². The van der Waals surface area contributed by atoms with Crippen molar-refractivity contribution in [3.63, 3.8) is 0 Å². The number of nitrogens with one attached hydrogen (secondary N) is 1. The third-order valence-electron chi connectivity index (χ3n) is 4.48. The topological polar surface area (TPSA) is 75.6 Å². The van der Waals surface area contributed by atoms with E-state index in [-0.39, 0.29) is 12.0 Å². The number of carboxylic acid groups (broad SMARTS) is 1. The molecule has 3 aromatic rings. The third kappa shape index (κ3) is 7.28. The molecule has 0 aromatic heterocycles. The van der Waals surface area contributed by atoms with Crippen LogP contribution in [0.4, 0.5) is 13.2 Å². The van der Waals surface area contributed by atoms with E-state index in [4.69, 9.17) is 9.84 Å². The van der Waals surface area contributed by atoms with E-state index >= 15 is 0 Å². The van der Waals surface area contributed by atoms with E-state index in [1.165, 1.54) is 30.8 Å². The summed E-state index contributed by atoms with van der Waals surface area (Å²) in [5.41, 5.74) is 0.946. The number of alkyl halides is 3. The molecular formula is C24H20F3NO4S. The van der Waals surface area contributed by atoms with Crippen molar-refractivity contribution >= 4 is 23.6 Å². The van der Waals surface area contributed by atoms with Gasteiger partial charge in [0.2, 0.25) is 0 Å². The summed E-state index contributed by atoms with van der Waals surface area (Å²) in [6, 6.07) is 20.2. The van der Waals surface area contributed by atoms with Crippen LogP contribution in [0.3, 0.4) is 0 Å². The quantitative estimate of drug-likeness (QED) is 0.422. The van der Waals surface area contributed by atoms with Crippen LogP contribution >= 0.6 is 11.8 Å². The Bertz CT molecular complexity index is 1120. The minimum atomic E-state index is -4.89. The lowest BCUT2D eigenvalue weighted by Crippen LogP contribution is -2.42. The standard InChI is InChI=1S/C24H20F3NO4S/c1-15(28-23(31)24(25,26)27)13-16-5-9-20(10-6-16)33-21-11-7-18(8-12-21)32-19-4-2-3-17(14-19)22(29)30/h2-12,14-15H,13H2,1H3,(H,28,31)(H,29,30)/t15-/m1/s1. The highest BCUT2D eigenvalue weighted by atomic mass is 32.2. The molecular weight excluding hydrogens is 455 g/mol. The second kappa shape index (κ2) is 10.4. The van der Waals surface area contributed by atoms with Crippen molar-refractivity contribution in [2.24, 2.45) is 0 Å². The monoisotopic (exact) mass is 475 g/mol. The number of amides is 1. The molecule has 9 heteroatoms. The summed E-state index contributed by atoms with van der Waals surface area (Å²) >= 11 is 1.50. The highest BCUT2D eigenvalue weighted by Gasteiger charge is 2.39. The average molecular weight is 475 g/mol. The molecule has 0 bridgehead atoms. The minimum absolute atomic E-state index is 0.139. The van der Waals surface area contributed by atoms with Crippen molar-refractivity contribution in [1.82, 2.24) is 5.32 Å². The molecule has 0 spiro atoms. The third-order valence-corrected chi connectivity index (χ3v) is 5.49. The molecule has 1 atom stereocenters. The molecule has 0 fully saturated rings. The van der Waals surface area contributed by atoms with Crippen LogP contribution in [0.25, 0.3) is 0 Å². The molecule has 0 heterocycles. The smallest absolute Gasteiger partial charge is 0.471 e. The summed E-state index contributed by atoms with van der Waals surface area (Å²) in [5.74, 6) is -1.98. The van der Waals surface area contributed by atoms with Gasteiger partial charge >= 0.3 is 18.1 Å². The van der Waals surface area contributed by atoms with E-state index in [0.29, 0.717) is 11.5 Å². The largest absolute Gasteiger partial charge is 0.478 e. The van der Waals surface area contributed by atoms with Gasteiger partial charge in [-0.2, -0.15) is 13.2 Å². The van der Waals surface area contributed by atoms with Gasteiger partial charge in [0.05, 0.1) is 5.56 Å². The van der Waals surface area contributed by atoms with Gasteiger partial charge < -0.3 is 15.2 Å². The Hall–Kier alpha value is -3.46. The Morgan fingerprint density at radius 2 is 1.58 bits per heavy atom. The van der Waals surface area contributed by atoms with Crippen molar-refractivity contribution in [2.75, 3.05) is 0 Å². The molecule has 5 nitrogen and oxygen atoms in total. The fourth-order valence-corrected chi connectivity index (χ4v) is 3.76. The van der Waals surface area contributed by atoms with Crippen molar-refractivity contribution < 1.29 is 32.6 Å². The van der Waals surface area contributed by atoms with Crippen LogP contribution in [-0.4, -0.2) is 29.2 Å². The Morgan fingerprint density at radius 3 is 2.15 bits per heavy atom. The van der Waals surface area contributed by atoms with Crippen LogP contribution in [0, 0.1) is 0 Å². The fourth-order valence-electron chi connectivity index (χ4n) is 2.94. The minimum Gasteiger partial charge on any atom is -0.478 e. The molecule has 2 N–H and O–H groups in total. The number of benzene rings is 3. The van der Waals surface area contributed by atoms with Crippen molar-refractivity contribution in [3.05, 3.63) is 83.9 Å². The fraction of sp³-hybridized carbons (Fsp3) is 0.167. The number of halogens is 3. The first kappa shape index (κ1) is 24.2. The first-order valence-corrected chi connectivity index (χ1v) is 10.7. The van der Waals surface area contributed by atoms with E-state index in [1.54, 1.807) is 24.3 Å². The highest BCUT2D eigenvalue weighted by Crippen LogP contribution is 2.31. The van der Waals surface area contributed by atoms with Crippen LogP contribution < -0.4 is 10.1 Å². The second-order valence-electron chi connectivity index (χ2n) is 7.23. The Kier molecular flexibility index (Phi) is 7.65. The van der Waals surface area contributed by atoms with E-state index in [0.717, 1.165) is 15.4 Å². The number of carboxylic acids is 1. The maximum absolute atomic E-state index is 12.3. The van der Waals surface area contributed by atoms with Gasteiger partial charge in [-0.05, 0) is 73.5 Å². The van der Waals surface area contributed by atoms with Gasteiger partial charge in [0, 0.05) is 15.8 Å². The lowest BCUT2D eigenvalue weighted by molar-refractivity contribution is -0.174. The molecule has 0 radical (unpaired) electrons. The summed E-state index contributed by atoms with van der Waals surface area (Å²) in [6.07, 6.45) is -4.61. The number of aromatic carboxylic acids is 1. The van der Waals surface area contributed by atoms with Crippen LogP contribution in [0.5, 0.6) is 11.5 Å². The normalized spacial score (nSPS) is 12.1. The molecule has 0 unspecified atom stereocenters. The zero-order valence-electron chi connectivity index (χ0n) is 17.4. The lowest BCUT2D eigenvalue weighted by Gasteiger charge is -2.15. The van der Waals surface area contributed by atoms with Crippen LogP contribution in [0.15, 0.2) is 82.6 Å². The number of carbonyl (C=O) groups is 2. The van der Waals surface area contributed by atoms with E-state index in [1.807, 2.05) is 41.7 Å². The van der Waals surface area contributed by atoms with Crippen molar-refractivity contribution in [1.29, 1.82) is 0 Å². The molecule has 0 aliphatic carbocycles. The first-order chi connectivity index (χ1) is 15.6. The lowest BCUT2D eigenvalue weighted by atomic mass is 10.1. The molecule has 172 valence electrons.